The number of aromatic nitrogens is 3. The van der Waals surface area contributed by atoms with Crippen LogP contribution in [0.25, 0.3) is 22.2 Å². The van der Waals surface area contributed by atoms with Gasteiger partial charge in [-0.3, -0.25) is 0 Å². The fraction of sp³-hybridized carbons (Fsp3) is 0.545. The summed E-state index contributed by atoms with van der Waals surface area (Å²) >= 11 is 0. The molecule has 0 amide bonds. The summed E-state index contributed by atoms with van der Waals surface area (Å²) in [6.07, 6.45) is 3.73. The van der Waals surface area contributed by atoms with Gasteiger partial charge in [0.05, 0.1) is 27.2 Å². The van der Waals surface area contributed by atoms with Gasteiger partial charge in [-0.15, -0.1) is 0 Å². The van der Waals surface area contributed by atoms with Crippen molar-refractivity contribution in [2.75, 3.05) is 12.5 Å². The molecule has 1 aliphatic rings. The first kappa shape index (κ1) is 23.9. The van der Waals surface area contributed by atoms with Gasteiger partial charge in [-0.25, -0.2) is 26.2 Å². The lowest BCUT2D eigenvalue weighted by Crippen LogP contribution is -2.49. The number of nitrogens with zero attached hydrogens (tertiary/aromatic N) is 2. The van der Waals surface area contributed by atoms with Crippen LogP contribution >= 0.6 is 0 Å². The number of aromatic amines is 1. The third-order valence-electron chi connectivity index (χ3n) is 6.77. The highest BCUT2D eigenvalue weighted by Gasteiger charge is 2.53. The maximum Gasteiger partial charge on any atom is 0.170 e. The number of halogens is 1. The minimum atomic E-state index is -3.97. The highest BCUT2D eigenvalue weighted by Crippen LogP contribution is 2.46. The molecule has 0 spiro atoms. The number of imidazole rings is 1. The summed E-state index contributed by atoms with van der Waals surface area (Å²) in [5, 5.41) is 0.690. The van der Waals surface area contributed by atoms with E-state index in [4.69, 9.17) is 4.52 Å². The molecule has 0 saturated heterocycles. The smallest absolute Gasteiger partial charge is 0.170 e. The van der Waals surface area contributed by atoms with Gasteiger partial charge < -0.3 is 9.51 Å². The average Bonchev–Trinajstić information content (AvgIpc) is 3.39. The Kier molecular flexibility index (Phi) is 5.52. The van der Waals surface area contributed by atoms with E-state index in [0.29, 0.717) is 33.9 Å². The number of alkyl halides is 1. The summed E-state index contributed by atoms with van der Waals surface area (Å²) in [5.74, 6) is 1.42. The van der Waals surface area contributed by atoms with Gasteiger partial charge in [0.1, 0.15) is 11.6 Å². The lowest BCUT2D eigenvalue weighted by molar-refractivity contribution is 0.160. The summed E-state index contributed by atoms with van der Waals surface area (Å²) in [6.45, 7) is 5.89. The molecule has 33 heavy (non-hydrogen) atoms. The van der Waals surface area contributed by atoms with Gasteiger partial charge in [-0.2, -0.15) is 0 Å². The Morgan fingerprint density at radius 1 is 1.09 bits per heavy atom. The largest absolute Gasteiger partial charge is 0.361 e. The Hall–Kier alpha value is -2.27. The molecule has 2 unspecified atom stereocenters. The van der Waals surface area contributed by atoms with Crippen LogP contribution in [-0.4, -0.2) is 55.0 Å². The molecular weight excluding hydrogens is 469 g/mol. The standard InChI is InChI=1S/C22H28FN3O5S2/c1-11-19(12(2)31-26-11)16-9-17(20-18(10-16)24-21(25-20)15-7-8-15)22(23,13(3)32(5,27)28)14(4)33(6,29)30/h9-10,13-15H,7-8H2,1-6H3,(H,24,25). The predicted molar refractivity (Wildman–Crippen MR) is 124 cm³/mol. The van der Waals surface area contributed by atoms with Crippen molar-refractivity contribution in [1.29, 1.82) is 0 Å². The molecule has 1 saturated carbocycles. The predicted octanol–water partition coefficient (Wildman–Crippen LogP) is 3.74. The maximum atomic E-state index is 17.2. The van der Waals surface area contributed by atoms with Crippen LogP contribution in [0.1, 0.15) is 55.4 Å². The third kappa shape index (κ3) is 3.99. The van der Waals surface area contributed by atoms with Crippen molar-refractivity contribution < 1.29 is 25.7 Å². The van der Waals surface area contributed by atoms with Crippen LogP contribution in [-0.2, 0) is 25.3 Å². The van der Waals surface area contributed by atoms with Crippen molar-refractivity contribution in [3.63, 3.8) is 0 Å². The van der Waals surface area contributed by atoms with Crippen LogP contribution in [0.3, 0.4) is 0 Å². The molecule has 8 nitrogen and oxygen atoms in total. The summed E-state index contributed by atoms with van der Waals surface area (Å²) < 4.78 is 72.8. The van der Waals surface area contributed by atoms with Crippen LogP contribution in [0, 0.1) is 13.8 Å². The zero-order valence-corrected chi connectivity index (χ0v) is 21.1. The first-order valence-electron chi connectivity index (χ1n) is 10.7. The molecule has 1 N–H and O–H groups in total. The van der Waals surface area contributed by atoms with Crippen molar-refractivity contribution >= 4 is 30.7 Å². The molecule has 1 aliphatic carbocycles. The van der Waals surface area contributed by atoms with E-state index in [1.54, 1.807) is 19.9 Å². The molecule has 4 rings (SSSR count). The van der Waals surface area contributed by atoms with Gasteiger partial charge in [0.2, 0.25) is 0 Å². The fourth-order valence-electron chi connectivity index (χ4n) is 4.41. The first-order chi connectivity index (χ1) is 15.2. The Bertz CT molecular complexity index is 1390. The molecule has 0 radical (unpaired) electrons. The topological polar surface area (TPSA) is 123 Å². The van der Waals surface area contributed by atoms with Gasteiger partial charge >= 0.3 is 0 Å². The summed E-state index contributed by atoms with van der Waals surface area (Å²) in [6, 6.07) is 3.29. The normalized spacial score (nSPS) is 18.9. The van der Waals surface area contributed by atoms with E-state index in [1.807, 2.05) is 0 Å². The lowest BCUT2D eigenvalue weighted by Gasteiger charge is -2.35. The zero-order chi connectivity index (χ0) is 24.5. The van der Waals surface area contributed by atoms with Crippen molar-refractivity contribution in [2.45, 2.75) is 62.6 Å². The van der Waals surface area contributed by atoms with Crippen LogP contribution in [0.2, 0.25) is 0 Å². The van der Waals surface area contributed by atoms with Gasteiger partial charge in [0.25, 0.3) is 0 Å². The molecular formula is C22H28FN3O5S2. The van der Waals surface area contributed by atoms with Gasteiger partial charge in [-0.05, 0) is 58.2 Å². The molecule has 1 aromatic carbocycles. The highest BCUT2D eigenvalue weighted by molar-refractivity contribution is 7.92. The minimum absolute atomic E-state index is 0.0750. The second-order valence-electron chi connectivity index (χ2n) is 9.23. The number of hydrogen-bond donors (Lipinski definition) is 1. The molecule has 180 valence electrons. The van der Waals surface area contributed by atoms with Crippen LogP contribution in [0.5, 0.6) is 0 Å². The maximum absolute atomic E-state index is 17.2. The third-order valence-corrected chi connectivity index (χ3v) is 10.0. The highest BCUT2D eigenvalue weighted by atomic mass is 32.2. The van der Waals surface area contributed by atoms with Crippen LogP contribution in [0.4, 0.5) is 4.39 Å². The van der Waals surface area contributed by atoms with Gasteiger partial charge in [0.15, 0.2) is 25.3 Å². The van der Waals surface area contributed by atoms with E-state index in [2.05, 4.69) is 15.1 Å². The zero-order valence-electron chi connectivity index (χ0n) is 19.4. The number of benzene rings is 1. The van der Waals surface area contributed by atoms with Crippen molar-refractivity contribution in [2.24, 2.45) is 0 Å². The monoisotopic (exact) mass is 497 g/mol. The fourth-order valence-corrected chi connectivity index (χ4v) is 6.40. The van der Waals surface area contributed by atoms with E-state index in [1.165, 1.54) is 19.9 Å². The number of aryl methyl sites for hydroxylation is 2. The Labute approximate surface area is 192 Å². The summed E-state index contributed by atoms with van der Waals surface area (Å²) in [7, 11) is -7.94. The van der Waals surface area contributed by atoms with Gasteiger partial charge in [-0.1, -0.05) is 5.16 Å². The molecule has 0 aliphatic heterocycles. The SMILES string of the molecule is Cc1noc(C)c1-c1cc(C(F)(C(C)S(C)(=O)=O)C(C)S(C)(=O)=O)c2nc(C3CC3)[nH]c2c1. The van der Waals surface area contributed by atoms with E-state index in [0.717, 1.165) is 25.4 Å². The lowest BCUT2D eigenvalue weighted by atomic mass is 9.86. The number of hydrogen-bond acceptors (Lipinski definition) is 7. The number of rotatable bonds is 7. The quantitative estimate of drug-likeness (QED) is 0.527. The molecule has 3 aromatic rings. The van der Waals surface area contributed by atoms with Crippen LogP contribution in [0.15, 0.2) is 16.7 Å². The Balaban J connectivity index is 2.11. The molecule has 2 aromatic heterocycles. The molecule has 11 heteroatoms. The van der Waals surface area contributed by atoms with Crippen molar-refractivity contribution in [1.82, 2.24) is 15.1 Å². The number of nitrogens with one attached hydrogen (secondary N) is 1. The van der Waals surface area contributed by atoms with E-state index in [-0.39, 0.29) is 17.0 Å². The summed E-state index contributed by atoms with van der Waals surface area (Å²) in [5.41, 5.74) is -0.325. The summed E-state index contributed by atoms with van der Waals surface area (Å²) in [4.78, 5) is 7.85. The second kappa shape index (κ2) is 7.63. The molecule has 0 bridgehead atoms. The van der Waals surface area contributed by atoms with Crippen molar-refractivity contribution in [3.05, 3.63) is 35.0 Å². The second-order valence-corrected chi connectivity index (χ2v) is 14.0. The Morgan fingerprint density at radius 2 is 1.67 bits per heavy atom. The van der Waals surface area contributed by atoms with Crippen LogP contribution < -0.4 is 0 Å². The average molecular weight is 498 g/mol. The number of sulfone groups is 2. The molecule has 2 atom stereocenters. The molecule has 2 heterocycles. The van der Waals surface area contributed by atoms with E-state index in [9.17, 15) is 16.8 Å². The van der Waals surface area contributed by atoms with Gasteiger partial charge in [0, 0.05) is 29.6 Å². The number of H-pyrrole nitrogens is 1. The minimum Gasteiger partial charge on any atom is -0.361 e. The Morgan fingerprint density at radius 3 is 2.12 bits per heavy atom. The van der Waals surface area contributed by atoms with E-state index < -0.39 is 35.8 Å². The first-order valence-corrected chi connectivity index (χ1v) is 14.6. The number of fused-ring (bicyclic) bond motifs is 1. The van der Waals surface area contributed by atoms with E-state index >= 15 is 4.39 Å². The molecule has 1 fully saturated rings. The van der Waals surface area contributed by atoms with Crippen molar-refractivity contribution in [3.8, 4) is 11.1 Å².